The lowest BCUT2D eigenvalue weighted by Crippen LogP contribution is -2.33. The lowest BCUT2D eigenvalue weighted by Gasteiger charge is -2.24. The van der Waals surface area contributed by atoms with Crippen molar-refractivity contribution in [1.82, 2.24) is 5.32 Å². The summed E-state index contributed by atoms with van der Waals surface area (Å²) in [6.07, 6.45) is -0.321. The summed E-state index contributed by atoms with van der Waals surface area (Å²) >= 11 is 0. The van der Waals surface area contributed by atoms with Gasteiger partial charge in [-0.15, -0.1) is 0 Å². The van der Waals surface area contributed by atoms with Crippen molar-refractivity contribution in [1.29, 1.82) is 0 Å². The van der Waals surface area contributed by atoms with Gasteiger partial charge in [0.25, 0.3) is 0 Å². The Labute approximate surface area is 275 Å². The van der Waals surface area contributed by atoms with Gasteiger partial charge in [0.05, 0.1) is 0 Å². The topological polar surface area (TPSA) is 63.0 Å². The van der Waals surface area contributed by atoms with Gasteiger partial charge in [-0.1, -0.05) is 109 Å². The van der Waals surface area contributed by atoms with Crippen molar-refractivity contribution in [2.24, 2.45) is 9.98 Å². The van der Waals surface area contributed by atoms with Gasteiger partial charge in [-0.3, -0.25) is 0 Å². The number of nitrogens with one attached hydrogen (secondary N) is 1. The Morgan fingerprint density at radius 3 is 2.04 bits per heavy atom. The first-order valence-electron chi connectivity index (χ1n) is 16.1. The van der Waals surface area contributed by atoms with Crippen LogP contribution < -0.4 is 5.32 Å². The number of hydrogen-bond donors (Lipinski definition) is 1. The minimum Gasteiger partial charge on any atom is -0.456 e. The number of fused-ring (bicyclic) bond motifs is 7. The summed E-state index contributed by atoms with van der Waals surface area (Å²) in [6, 6.07) is 52.3. The summed E-state index contributed by atoms with van der Waals surface area (Å²) in [6.45, 7) is 0. The third-order valence-electron chi connectivity index (χ3n) is 9.33. The summed E-state index contributed by atoms with van der Waals surface area (Å²) in [7, 11) is 0. The molecule has 0 bridgehead atoms. The molecule has 5 nitrogen and oxygen atoms in total. The van der Waals surface area contributed by atoms with Crippen LogP contribution in [0.3, 0.4) is 0 Å². The fourth-order valence-corrected chi connectivity index (χ4v) is 6.96. The summed E-state index contributed by atoms with van der Waals surface area (Å²) in [5, 5.41) is 10.2. The molecule has 0 aliphatic carbocycles. The average Bonchev–Trinajstić information content (AvgIpc) is 3.72. The highest BCUT2D eigenvalue weighted by Gasteiger charge is 2.24. The van der Waals surface area contributed by atoms with Crippen molar-refractivity contribution >= 4 is 66.3 Å². The molecule has 10 rings (SSSR count). The summed E-state index contributed by atoms with van der Waals surface area (Å²) in [4.78, 5) is 10.4. The second-order valence-corrected chi connectivity index (χ2v) is 12.2. The Hall–Kier alpha value is -6.46. The number of rotatable bonds is 4. The Morgan fingerprint density at radius 2 is 1.17 bits per heavy atom. The lowest BCUT2D eigenvalue weighted by molar-refractivity contribution is 0.668. The van der Waals surface area contributed by atoms with Gasteiger partial charge in [-0.05, 0) is 69.9 Å². The maximum absolute atomic E-state index is 6.43. The molecule has 0 saturated carbocycles. The van der Waals surface area contributed by atoms with E-state index in [0.717, 1.165) is 77.5 Å². The van der Waals surface area contributed by atoms with Crippen LogP contribution in [0.1, 0.15) is 22.9 Å². The van der Waals surface area contributed by atoms with Gasteiger partial charge in [0.1, 0.15) is 34.3 Å². The number of amidine groups is 2. The SMILES string of the molecule is c1ccc(C2=NC(c3cccc4oc5ccc(-c6ccc7oc8ccccc8c7c6)cc5c34)=NC(c3ccc4ccccc4c3)N2)cc1. The minimum absolute atomic E-state index is 0.321. The molecule has 7 aromatic carbocycles. The third kappa shape index (κ3) is 4.32. The lowest BCUT2D eigenvalue weighted by atomic mass is 9.99. The van der Waals surface area contributed by atoms with Crippen LogP contribution in [0.15, 0.2) is 170 Å². The molecule has 3 heterocycles. The van der Waals surface area contributed by atoms with Gasteiger partial charge in [-0.2, -0.15) is 0 Å². The molecule has 0 amide bonds. The Kier molecular flexibility index (Phi) is 5.87. The van der Waals surface area contributed by atoms with Crippen LogP contribution >= 0.6 is 0 Å². The number of nitrogens with zero attached hydrogens (tertiary/aromatic N) is 2. The number of para-hydroxylation sites is 1. The van der Waals surface area contributed by atoms with E-state index in [1.165, 1.54) is 10.8 Å². The van der Waals surface area contributed by atoms with Gasteiger partial charge in [0.15, 0.2) is 5.84 Å². The van der Waals surface area contributed by atoms with E-state index in [1.807, 2.05) is 42.5 Å². The van der Waals surface area contributed by atoms with E-state index in [1.54, 1.807) is 0 Å². The molecule has 1 unspecified atom stereocenters. The highest BCUT2D eigenvalue weighted by molar-refractivity contribution is 6.22. The van der Waals surface area contributed by atoms with Crippen LogP contribution in [0.2, 0.25) is 0 Å². The first-order valence-corrected chi connectivity index (χ1v) is 16.1. The number of aliphatic imine (C=N–C) groups is 2. The monoisotopic (exact) mass is 617 g/mol. The van der Waals surface area contributed by atoms with E-state index < -0.39 is 0 Å². The van der Waals surface area contributed by atoms with Gasteiger partial charge in [0.2, 0.25) is 0 Å². The van der Waals surface area contributed by atoms with E-state index >= 15 is 0 Å². The predicted molar refractivity (Wildman–Crippen MR) is 196 cm³/mol. The Morgan fingerprint density at radius 1 is 0.479 bits per heavy atom. The number of benzene rings is 7. The fraction of sp³-hybridized carbons (Fsp3) is 0.0233. The van der Waals surface area contributed by atoms with Crippen molar-refractivity contribution in [2.75, 3.05) is 0 Å². The summed E-state index contributed by atoms with van der Waals surface area (Å²) in [5.74, 6) is 1.45. The normalized spacial score (nSPS) is 14.9. The Balaban J connectivity index is 1.15. The fourth-order valence-electron chi connectivity index (χ4n) is 6.96. The first-order chi connectivity index (χ1) is 23.7. The molecule has 48 heavy (non-hydrogen) atoms. The molecule has 9 aromatic rings. The standard InChI is InChI=1S/C43H27N3O2/c1-2-10-27(11-3-1)41-44-42(31-18-17-26-9-4-5-12-28(26)23-31)46-43(45-41)33-14-8-16-39-40(33)35-25-30(20-22-38(35)48-39)29-19-21-37-34(24-29)32-13-6-7-15-36(32)47-37/h1-25,42H,(H,44,45,46). The quantitative estimate of drug-likeness (QED) is 0.214. The maximum atomic E-state index is 6.43. The van der Waals surface area contributed by atoms with E-state index in [9.17, 15) is 0 Å². The van der Waals surface area contributed by atoms with Gasteiger partial charge in [-0.25, -0.2) is 9.98 Å². The maximum Gasteiger partial charge on any atom is 0.160 e. The highest BCUT2D eigenvalue weighted by atomic mass is 16.3. The first kappa shape index (κ1) is 26.7. The molecule has 226 valence electrons. The van der Waals surface area contributed by atoms with Crippen molar-refractivity contribution in [3.8, 4) is 11.1 Å². The zero-order chi connectivity index (χ0) is 31.6. The van der Waals surface area contributed by atoms with E-state index in [0.29, 0.717) is 5.84 Å². The van der Waals surface area contributed by atoms with Crippen molar-refractivity contribution in [2.45, 2.75) is 6.17 Å². The molecular weight excluding hydrogens is 590 g/mol. The second kappa shape index (κ2) is 10.5. The van der Waals surface area contributed by atoms with E-state index in [2.05, 4.69) is 115 Å². The van der Waals surface area contributed by atoms with Crippen LogP contribution in [0.5, 0.6) is 0 Å². The van der Waals surface area contributed by atoms with E-state index in [4.69, 9.17) is 18.8 Å². The second-order valence-electron chi connectivity index (χ2n) is 12.2. The van der Waals surface area contributed by atoms with Crippen molar-refractivity contribution in [3.63, 3.8) is 0 Å². The molecule has 0 saturated heterocycles. The van der Waals surface area contributed by atoms with Gasteiger partial charge < -0.3 is 14.2 Å². The van der Waals surface area contributed by atoms with Crippen LogP contribution in [-0.4, -0.2) is 11.7 Å². The molecule has 0 spiro atoms. The summed E-state index contributed by atoms with van der Waals surface area (Å²) in [5.41, 5.74) is 8.62. The van der Waals surface area contributed by atoms with Crippen molar-refractivity contribution < 1.29 is 8.83 Å². The zero-order valence-corrected chi connectivity index (χ0v) is 25.7. The molecule has 0 fully saturated rings. The van der Waals surface area contributed by atoms with Crippen molar-refractivity contribution in [3.05, 3.63) is 168 Å². The summed E-state index contributed by atoms with van der Waals surface area (Å²) < 4.78 is 12.5. The van der Waals surface area contributed by atoms with Crippen LogP contribution in [-0.2, 0) is 0 Å². The van der Waals surface area contributed by atoms with Gasteiger partial charge >= 0.3 is 0 Å². The molecule has 1 atom stereocenters. The third-order valence-corrected chi connectivity index (χ3v) is 9.33. The molecule has 1 aliphatic rings. The van der Waals surface area contributed by atoms with Crippen LogP contribution in [0.4, 0.5) is 0 Å². The molecular formula is C43H27N3O2. The van der Waals surface area contributed by atoms with Crippen LogP contribution in [0.25, 0.3) is 65.8 Å². The molecule has 1 N–H and O–H groups in total. The highest BCUT2D eigenvalue weighted by Crippen LogP contribution is 2.38. The predicted octanol–water partition coefficient (Wildman–Crippen LogP) is 10.8. The minimum atomic E-state index is -0.321. The average molecular weight is 618 g/mol. The largest absolute Gasteiger partial charge is 0.456 e. The van der Waals surface area contributed by atoms with Gasteiger partial charge in [0, 0.05) is 32.7 Å². The molecule has 0 radical (unpaired) electrons. The Bertz CT molecular complexity index is 2770. The zero-order valence-electron chi connectivity index (χ0n) is 25.7. The number of furan rings is 2. The number of hydrogen-bond acceptors (Lipinski definition) is 5. The smallest absolute Gasteiger partial charge is 0.160 e. The molecule has 1 aliphatic heterocycles. The molecule has 2 aromatic heterocycles. The van der Waals surface area contributed by atoms with Crippen LogP contribution in [0, 0.1) is 0 Å². The van der Waals surface area contributed by atoms with E-state index in [-0.39, 0.29) is 6.17 Å². The molecule has 5 heteroatoms.